The molecular weight excluding hydrogens is 134 g/mol. The summed E-state index contributed by atoms with van der Waals surface area (Å²) in [5.41, 5.74) is 0. The Hall–Kier alpha value is -0.610. The smallest absolute Gasteiger partial charge is 0.334 e. The number of carbonyl (C=O) groups is 1. The Bertz CT molecular complexity index is 95.0. The molecule has 0 aliphatic rings. The van der Waals surface area contributed by atoms with E-state index in [9.17, 15) is 4.79 Å². The fourth-order valence-electron chi connectivity index (χ4n) is 0.440. The Kier molecular flexibility index (Phi) is 6.11. The Morgan fingerprint density at radius 3 is 2.80 bits per heavy atom. The normalized spacial score (nSPS) is 9.40. The van der Waals surface area contributed by atoms with Crippen LogP contribution in [0.1, 0.15) is 19.8 Å². The van der Waals surface area contributed by atoms with Crippen LogP contribution >= 0.6 is 0 Å². The molecule has 0 aromatic rings. The number of hydrogen-bond donors (Lipinski definition) is 1. The molecule has 0 unspecified atom stereocenters. The first kappa shape index (κ1) is 9.39. The van der Waals surface area contributed by atoms with Crippen molar-refractivity contribution in [3.8, 4) is 0 Å². The molecule has 60 valence electrons. The lowest BCUT2D eigenvalue weighted by atomic mass is 10.4. The van der Waals surface area contributed by atoms with Crippen LogP contribution in [0.25, 0.3) is 0 Å². The summed E-state index contributed by atoms with van der Waals surface area (Å²) in [5.74, 6) is 4.23. The van der Waals surface area contributed by atoms with E-state index in [0.29, 0.717) is 6.61 Å². The second-order valence-electron chi connectivity index (χ2n) is 1.89. The number of rotatable bonds is 5. The van der Waals surface area contributed by atoms with Gasteiger partial charge in [-0.05, 0) is 6.42 Å². The number of esters is 1. The molecule has 0 radical (unpaired) electrons. The van der Waals surface area contributed by atoms with Gasteiger partial charge < -0.3 is 4.74 Å². The van der Waals surface area contributed by atoms with Crippen LogP contribution in [-0.2, 0) is 14.4 Å². The largest absolute Gasteiger partial charge is 0.464 e. The van der Waals surface area contributed by atoms with E-state index in [4.69, 9.17) is 0 Å². The van der Waals surface area contributed by atoms with E-state index in [-0.39, 0.29) is 6.61 Å². The highest BCUT2D eigenvalue weighted by Crippen LogP contribution is 1.87. The highest BCUT2D eigenvalue weighted by Gasteiger charge is 1.99. The molecule has 4 heteroatoms. The van der Waals surface area contributed by atoms with Crippen molar-refractivity contribution in [2.45, 2.75) is 19.8 Å². The van der Waals surface area contributed by atoms with Gasteiger partial charge in [0.05, 0.1) is 6.61 Å². The van der Waals surface area contributed by atoms with Gasteiger partial charge in [-0.1, -0.05) is 13.3 Å². The molecule has 2 N–H and O–H groups in total. The molecule has 0 saturated carbocycles. The molecule has 0 spiro atoms. The molecule has 10 heavy (non-hydrogen) atoms. The summed E-state index contributed by atoms with van der Waals surface area (Å²) in [7, 11) is 0. The molecule has 0 atom stereocenters. The van der Waals surface area contributed by atoms with Crippen LogP contribution in [0.15, 0.2) is 0 Å². The lowest BCUT2D eigenvalue weighted by molar-refractivity contribution is -0.149. The number of nitrogens with two attached hydrogens (primary N) is 1. The standard InChI is InChI=1S/C6H13NO3/c1-2-3-4-9-6(8)5-10-7/h2-5,7H2,1H3. The van der Waals surface area contributed by atoms with E-state index in [1.54, 1.807) is 0 Å². The van der Waals surface area contributed by atoms with Crippen molar-refractivity contribution in [1.82, 2.24) is 0 Å². The molecule has 0 aliphatic carbocycles. The van der Waals surface area contributed by atoms with E-state index in [1.165, 1.54) is 0 Å². The lowest BCUT2D eigenvalue weighted by Crippen LogP contribution is -2.15. The van der Waals surface area contributed by atoms with Crippen LogP contribution in [0.2, 0.25) is 0 Å². The summed E-state index contributed by atoms with van der Waals surface area (Å²) in [5, 5.41) is 0. The zero-order chi connectivity index (χ0) is 7.82. The third-order valence-electron chi connectivity index (χ3n) is 0.962. The first-order valence-electron chi connectivity index (χ1n) is 3.28. The summed E-state index contributed by atoms with van der Waals surface area (Å²) in [6.07, 6.45) is 1.90. The Morgan fingerprint density at radius 1 is 1.60 bits per heavy atom. The van der Waals surface area contributed by atoms with E-state index >= 15 is 0 Å². The van der Waals surface area contributed by atoms with Crippen LogP contribution in [0.4, 0.5) is 0 Å². The minimum Gasteiger partial charge on any atom is -0.464 e. The van der Waals surface area contributed by atoms with E-state index in [0.717, 1.165) is 12.8 Å². The monoisotopic (exact) mass is 147 g/mol. The summed E-state index contributed by atoms with van der Waals surface area (Å²) < 4.78 is 4.68. The van der Waals surface area contributed by atoms with Gasteiger partial charge in [-0.3, -0.25) is 4.84 Å². The minimum atomic E-state index is -0.407. The van der Waals surface area contributed by atoms with Gasteiger partial charge in [0.1, 0.15) is 0 Å². The van der Waals surface area contributed by atoms with Crippen LogP contribution in [-0.4, -0.2) is 19.2 Å². The van der Waals surface area contributed by atoms with E-state index in [2.05, 4.69) is 15.5 Å². The van der Waals surface area contributed by atoms with Crippen molar-refractivity contribution >= 4 is 5.97 Å². The van der Waals surface area contributed by atoms with Crippen molar-refractivity contribution in [3.63, 3.8) is 0 Å². The molecule has 0 bridgehead atoms. The number of hydrogen-bond acceptors (Lipinski definition) is 4. The highest BCUT2D eigenvalue weighted by atomic mass is 16.6. The van der Waals surface area contributed by atoms with Gasteiger partial charge in [0, 0.05) is 0 Å². The zero-order valence-corrected chi connectivity index (χ0v) is 6.13. The average Bonchev–Trinajstić information content (AvgIpc) is 1.89. The van der Waals surface area contributed by atoms with Gasteiger partial charge in [-0.2, -0.15) is 0 Å². The van der Waals surface area contributed by atoms with Gasteiger partial charge in [0.2, 0.25) is 0 Å². The maximum Gasteiger partial charge on any atom is 0.334 e. The Labute approximate surface area is 60.2 Å². The third-order valence-corrected chi connectivity index (χ3v) is 0.962. The molecule has 0 heterocycles. The predicted octanol–water partition coefficient (Wildman–Crippen LogP) is 0.220. The maximum absolute atomic E-state index is 10.5. The first-order chi connectivity index (χ1) is 4.81. The number of carbonyl (C=O) groups excluding carboxylic acids is 1. The van der Waals surface area contributed by atoms with Crippen molar-refractivity contribution in [3.05, 3.63) is 0 Å². The molecule has 4 nitrogen and oxygen atoms in total. The lowest BCUT2D eigenvalue weighted by Gasteiger charge is -2.00. The predicted molar refractivity (Wildman–Crippen MR) is 36.0 cm³/mol. The summed E-state index contributed by atoms with van der Waals surface area (Å²) in [6, 6.07) is 0. The molecule has 0 aliphatic heterocycles. The van der Waals surface area contributed by atoms with Crippen molar-refractivity contribution in [2.24, 2.45) is 5.90 Å². The zero-order valence-electron chi connectivity index (χ0n) is 6.13. The van der Waals surface area contributed by atoms with Crippen LogP contribution < -0.4 is 5.90 Å². The van der Waals surface area contributed by atoms with Gasteiger partial charge in [0.25, 0.3) is 0 Å². The fourth-order valence-corrected chi connectivity index (χ4v) is 0.440. The summed E-state index contributed by atoms with van der Waals surface area (Å²) >= 11 is 0. The molecule has 0 fully saturated rings. The molecule has 0 amide bonds. The Morgan fingerprint density at radius 2 is 2.30 bits per heavy atom. The van der Waals surface area contributed by atoms with Crippen LogP contribution in [0.5, 0.6) is 0 Å². The van der Waals surface area contributed by atoms with Gasteiger partial charge >= 0.3 is 5.97 Å². The molecule has 0 aromatic carbocycles. The quantitative estimate of drug-likeness (QED) is 0.343. The molecule has 0 saturated heterocycles. The van der Waals surface area contributed by atoms with Crippen LogP contribution in [0.3, 0.4) is 0 Å². The third kappa shape index (κ3) is 5.53. The Balaban J connectivity index is 3.05. The first-order valence-corrected chi connectivity index (χ1v) is 3.28. The molecular formula is C6H13NO3. The molecule has 0 rings (SSSR count). The van der Waals surface area contributed by atoms with Gasteiger partial charge in [0.15, 0.2) is 6.61 Å². The van der Waals surface area contributed by atoms with Gasteiger partial charge in [-0.15, -0.1) is 0 Å². The van der Waals surface area contributed by atoms with Gasteiger partial charge in [-0.25, -0.2) is 10.7 Å². The second kappa shape index (κ2) is 6.51. The van der Waals surface area contributed by atoms with Crippen molar-refractivity contribution in [2.75, 3.05) is 13.2 Å². The van der Waals surface area contributed by atoms with Crippen molar-refractivity contribution in [1.29, 1.82) is 0 Å². The van der Waals surface area contributed by atoms with Crippen LogP contribution in [0, 0.1) is 0 Å². The highest BCUT2D eigenvalue weighted by molar-refractivity contribution is 5.70. The maximum atomic E-state index is 10.5. The number of ether oxygens (including phenoxy) is 1. The van der Waals surface area contributed by atoms with E-state index < -0.39 is 5.97 Å². The average molecular weight is 147 g/mol. The summed E-state index contributed by atoms with van der Waals surface area (Å²) in [6.45, 7) is 2.32. The van der Waals surface area contributed by atoms with Crippen molar-refractivity contribution < 1.29 is 14.4 Å². The second-order valence-corrected chi connectivity index (χ2v) is 1.89. The van der Waals surface area contributed by atoms with E-state index in [1.807, 2.05) is 6.92 Å². The fraction of sp³-hybridized carbons (Fsp3) is 0.833. The number of unbranched alkanes of at least 4 members (excludes halogenated alkanes) is 1. The molecule has 0 aromatic heterocycles. The SMILES string of the molecule is CCCCOC(=O)CON. The minimum absolute atomic E-state index is 0.163. The summed E-state index contributed by atoms with van der Waals surface area (Å²) in [4.78, 5) is 14.6. The topological polar surface area (TPSA) is 61.5 Å².